The van der Waals surface area contributed by atoms with E-state index in [0.717, 1.165) is 6.54 Å². The third-order valence-electron chi connectivity index (χ3n) is 3.13. The minimum Gasteiger partial charge on any atom is -0.315 e. The van der Waals surface area contributed by atoms with Gasteiger partial charge >= 0.3 is 0 Å². The topological polar surface area (TPSA) is 29.9 Å². The normalized spacial score (nSPS) is 11.3. The number of hydrogen-bond donors (Lipinski definition) is 1. The lowest BCUT2D eigenvalue weighted by atomic mass is 10.1. The lowest BCUT2D eigenvalue weighted by Gasteiger charge is -2.07. The Kier molecular flexibility index (Phi) is 7.74. The van der Waals surface area contributed by atoms with Crippen molar-refractivity contribution in [2.45, 2.75) is 71.9 Å². The zero-order valence-corrected chi connectivity index (χ0v) is 12.3. The van der Waals surface area contributed by atoms with Gasteiger partial charge in [0.25, 0.3) is 0 Å². The average molecular weight is 251 g/mol. The molecule has 0 aromatic carbocycles. The number of hydrogen-bond acceptors (Lipinski definition) is 2. The first-order valence-corrected chi connectivity index (χ1v) is 7.41. The first-order valence-electron chi connectivity index (χ1n) is 7.41. The molecule has 0 unspecified atom stereocenters. The average Bonchev–Trinajstić information content (AvgIpc) is 2.72. The number of aromatic nitrogens is 2. The Morgan fingerprint density at radius 3 is 2.39 bits per heavy atom. The number of rotatable bonds is 10. The Hall–Kier alpha value is -0.830. The molecule has 0 saturated heterocycles. The van der Waals surface area contributed by atoms with Gasteiger partial charge in [0.05, 0.1) is 6.20 Å². The van der Waals surface area contributed by atoms with E-state index in [-0.39, 0.29) is 0 Å². The molecule has 0 aliphatic rings. The molecule has 0 bridgehead atoms. The van der Waals surface area contributed by atoms with Gasteiger partial charge in [-0.15, -0.1) is 0 Å². The summed E-state index contributed by atoms with van der Waals surface area (Å²) in [6.45, 7) is 8.75. The summed E-state index contributed by atoms with van der Waals surface area (Å²) < 4.78 is 2.06. The maximum Gasteiger partial charge on any atom is 0.0518 e. The van der Waals surface area contributed by atoms with Crippen LogP contribution in [0, 0.1) is 6.92 Å². The van der Waals surface area contributed by atoms with Gasteiger partial charge in [-0.25, -0.2) is 0 Å². The van der Waals surface area contributed by atoms with E-state index in [1.54, 1.807) is 0 Å². The van der Waals surface area contributed by atoms with Crippen LogP contribution in [-0.4, -0.2) is 22.4 Å². The van der Waals surface area contributed by atoms with E-state index < -0.39 is 0 Å². The number of unbranched alkanes of at least 4 members (excludes halogenated alkanes) is 5. The van der Waals surface area contributed by atoms with Crippen molar-refractivity contribution in [3.05, 3.63) is 18.0 Å². The predicted molar refractivity (Wildman–Crippen MR) is 77.8 cm³/mol. The monoisotopic (exact) mass is 251 g/mol. The Morgan fingerprint density at radius 1 is 1.11 bits per heavy atom. The molecular weight excluding hydrogens is 222 g/mol. The first kappa shape index (κ1) is 15.2. The molecule has 0 spiro atoms. The van der Waals surface area contributed by atoms with E-state index in [2.05, 4.69) is 42.1 Å². The van der Waals surface area contributed by atoms with E-state index in [0.29, 0.717) is 6.04 Å². The van der Waals surface area contributed by atoms with Gasteiger partial charge in [0, 0.05) is 18.8 Å². The molecule has 0 fully saturated rings. The molecule has 0 saturated carbocycles. The van der Waals surface area contributed by atoms with E-state index in [9.17, 15) is 0 Å². The van der Waals surface area contributed by atoms with Crippen LogP contribution in [0.25, 0.3) is 0 Å². The summed E-state index contributed by atoms with van der Waals surface area (Å²) in [4.78, 5) is 0. The second kappa shape index (κ2) is 9.15. The summed E-state index contributed by atoms with van der Waals surface area (Å²) in [7, 11) is 0. The molecule has 3 heteroatoms. The zero-order chi connectivity index (χ0) is 13.2. The number of aryl methyl sites for hydroxylation is 2. The quantitative estimate of drug-likeness (QED) is 0.645. The fraction of sp³-hybridized carbons (Fsp3) is 0.800. The zero-order valence-electron chi connectivity index (χ0n) is 12.3. The largest absolute Gasteiger partial charge is 0.315 e. The summed E-state index contributed by atoms with van der Waals surface area (Å²) in [6.07, 6.45) is 12.1. The molecular formula is C15H29N3. The van der Waals surface area contributed by atoms with Gasteiger partial charge < -0.3 is 5.32 Å². The molecule has 0 amide bonds. The molecule has 1 heterocycles. The van der Waals surface area contributed by atoms with E-state index in [1.807, 2.05) is 6.20 Å². The molecule has 104 valence electrons. The van der Waals surface area contributed by atoms with Gasteiger partial charge in [-0.2, -0.15) is 5.10 Å². The SMILES string of the molecule is Cc1cnn(CCCCCCCCNC(C)C)c1. The van der Waals surface area contributed by atoms with Crippen molar-refractivity contribution in [2.75, 3.05) is 6.54 Å². The van der Waals surface area contributed by atoms with Crippen molar-refractivity contribution in [1.29, 1.82) is 0 Å². The van der Waals surface area contributed by atoms with Crippen molar-refractivity contribution in [3.8, 4) is 0 Å². The highest BCUT2D eigenvalue weighted by Crippen LogP contribution is 2.06. The molecule has 0 aliphatic carbocycles. The van der Waals surface area contributed by atoms with Gasteiger partial charge in [0.1, 0.15) is 0 Å². The summed E-state index contributed by atoms with van der Waals surface area (Å²) in [6, 6.07) is 0.627. The van der Waals surface area contributed by atoms with Gasteiger partial charge in [0.2, 0.25) is 0 Å². The van der Waals surface area contributed by atoms with Crippen LogP contribution >= 0.6 is 0 Å². The van der Waals surface area contributed by atoms with Crippen molar-refractivity contribution in [2.24, 2.45) is 0 Å². The van der Waals surface area contributed by atoms with Crippen LogP contribution in [-0.2, 0) is 6.54 Å². The Labute approximate surface area is 112 Å². The molecule has 0 radical (unpaired) electrons. The van der Waals surface area contributed by atoms with Crippen molar-refractivity contribution >= 4 is 0 Å². The van der Waals surface area contributed by atoms with Crippen LogP contribution < -0.4 is 5.32 Å². The highest BCUT2D eigenvalue weighted by atomic mass is 15.3. The van der Waals surface area contributed by atoms with Crippen LogP contribution in [0.3, 0.4) is 0 Å². The molecule has 3 nitrogen and oxygen atoms in total. The standard InChI is InChI=1S/C15H29N3/c1-14(2)16-10-8-6-4-5-7-9-11-18-13-15(3)12-17-18/h12-14,16H,4-11H2,1-3H3. The second-order valence-electron chi connectivity index (χ2n) is 5.51. The third kappa shape index (κ3) is 7.49. The summed E-state index contributed by atoms with van der Waals surface area (Å²) in [5.41, 5.74) is 1.26. The Bertz CT molecular complexity index is 304. The van der Waals surface area contributed by atoms with Crippen LogP contribution in [0.5, 0.6) is 0 Å². The van der Waals surface area contributed by atoms with Gasteiger partial charge in [-0.3, -0.25) is 4.68 Å². The van der Waals surface area contributed by atoms with Crippen molar-refractivity contribution < 1.29 is 0 Å². The second-order valence-corrected chi connectivity index (χ2v) is 5.51. The smallest absolute Gasteiger partial charge is 0.0518 e. The Morgan fingerprint density at radius 2 is 1.78 bits per heavy atom. The molecule has 0 aliphatic heterocycles. The molecule has 1 aromatic rings. The minimum absolute atomic E-state index is 0.627. The number of nitrogens with zero attached hydrogens (tertiary/aromatic N) is 2. The highest BCUT2D eigenvalue weighted by molar-refractivity contribution is 4.99. The van der Waals surface area contributed by atoms with E-state index in [4.69, 9.17) is 0 Å². The summed E-state index contributed by atoms with van der Waals surface area (Å²) in [5, 5.41) is 7.76. The molecule has 1 N–H and O–H groups in total. The van der Waals surface area contributed by atoms with E-state index in [1.165, 1.54) is 50.6 Å². The molecule has 0 atom stereocenters. The summed E-state index contributed by atoms with van der Waals surface area (Å²) in [5.74, 6) is 0. The van der Waals surface area contributed by atoms with Crippen LogP contribution in [0.15, 0.2) is 12.4 Å². The summed E-state index contributed by atoms with van der Waals surface area (Å²) >= 11 is 0. The fourth-order valence-electron chi connectivity index (χ4n) is 2.09. The van der Waals surface area contributed by atoms with Crippen molar-refractivity contribution in [1.82, 2.24) is 15.1 Å². The van der Waals surface area contributed by atoms with Gasteiger partial charge in [-0.05, 0) is 31.9 Å². The molecule has 18 heavy (non-hydrogen) atoms. The van der Waals surface area contributed by atoms with Gasteiger partial charge in [0.15, 0.2) is 0 Å². The minimum atomic E-state index is 0.627. The fourth-order valence-corrected chi connectivity index (χ4v) is 2.09. The maximum atomic E-state index is 4.30. The third-order valence-corrected chi connectivity index (χ3v) is 3.13. The van der Waals surface area contributed by atoms with Crippen LogP contribution in [0.4, 0.5) is 0 Å². The molecule has 1 aromatic heterocycles. The first-order chi connectivity index (χ1) is 8.68. The lowest BCUT2D eigenvalue weighted by molar-refractivity contribution is 0.509. The van der Waals surface area contributed by atoms with Crippen LogP contribution in [0.1, 0.15) is 57.9 Å². The Balaban J connectivity index is 1.84. The molecule has 1 rings (SSSR count). The predicted octanol–water partition coefficient (Wildman–Crippen LogP) is 3.53. The lowest BCUT2D eigenvalue weighted by Crippen LogP contribution is -2.23. The maximum absolute atomic E-state index is 4.30. The highest BCUT2D eigenvalue weighted by Gasteiger charge is 1.95. The number of nitrogens with one attached hydrogen (secondary N) is 1. The van der Waals surface area contributed by atoms with Crippen molar-refractivity contribution in [3.63, 3.8) is 0 Å². The van der Waals surface area contributed by atoms with Crippen LogP contribution in [0.2, 0.25) is 0 Å². The van der Waals surface area contributed by atoms with E-state index >= 15 is 0 Å². The van der Waals surface area contributed by atoms with Gasteiger partial charge in [-0.1, -0.05) is 39.5 Å².